The SMILES string of the molecule is CC(C)(C)OC(=O)N1CCOC2(CC(C#N)C2)C1. The molecule has 1 saturated carbocycles. The molecule has 0 unspecified atom stereocenters. The van der Waals surface area contributed by atoms with E-state index in [4.69, 9.17) is 14.7 Å². The van der Waals surface area contributed by atoms with Gasteiger partial charge in [-0.05, 0) is 33.6 Å². The van der Waals surface area contributed by atoms with Crippen LogP contribution in [0.4, 0.5) is 4.79 Å². The summed E-state index contributed by atoms with van der Waals surface area (Å²) in [6.45, 7) is 7.20. The first-order valence-corrected chi connectivity index (χ1v) is 6.35. The molecule has 0 atom stereocenters. The molecule has 1 aliphatic carbocycles. The first kappa shape index (κ1) is 13.2. The summed E-state index contributed by atoms with van der Waals surface area (Å²) in [5, 5.41) is 8.82. The maximum absolute atomic E-state index is 12.0. The normalized spacial score (nSPS) is 31.7. The van der Waals surface area contributed by atoms with Gasteiger partial charge < -0.3 is 14.4 Å². The van der Waals surface area contributed by atoms with Gasteiger partial charge in [0, 0.05) is 6.54 Å². The zero-order valence-corrected chi connectivity index (χ0v) is 11.2. The smallest absolute Gasteiger partial charge is 0.410 e. The van der Waals surface area contributed by atoms with Crippen molar-refractivity contribution in [3.8, 4) is 6.07 Å². The van der Waals surface area contributed by atoms with Gasteiger partial charge >= 0.3 is 6.09 Å². The summed E-state index contributed by atoms with van der Waals surface area (Å²) < 4.78 is 11.1. The van der Waals surface area contributed by atoms with Gasteiger partial charge in [0.15, 0.2) is 0 Å². The number of carbonyl (C=O) groups excluding carboxylic acids is 1. The Morgan fingerprint density at radius 2 is 2.17 bits per heavy atom. The highest BCUT2D eigenvalue weighted by Gasteiger charge is 2.49. The maximum atomic E-state index is 12.0. The molecule has 0 aromatic heterocycles. The van der Waals surface area contributed by atoms with Crippen LogP contribution >= 0.6 is 0 Å². The third-order valence-electron chi connectivity index (χ3n) is 3.32. The minimum absolute atomic E-state index is 0.0728. The number of nitrogens with zero attached hydrogens (tertiary/aromatic N) is 2. The molecule has 1 heterocycles. The van der Waals surface area contributed by atoms with Crippen LogP contribution in [0.1, 0.15) is 33.6 Å². The lowest BCUT2D eigenvalue weighted by molar-refractivity contribution is -0.161. The molecule has 0 aromatic rings. The molecule has 1 amide bonds. The average molecular weight is 252 g/mol. The predicted molar refractivity (Wildman–Crippen MR) is 64.8 cm³/mol. The van der Waals surface area contributed by atoms with E-state index in [0.29, 0.717) is 19.7 Å². The van der Waals surface area contributed by atoms with Gasteiger partial charge in [0.05, 0.1) is 30.7 Å². The van der Waals surface area contributed by atoms with Crippen molar-refractivity contribution in [3.05, 3.63) is 0 Å². The lowest BCUT2D eigenvalue weighted by Crippen LogP contribution is -2.60. The molecule has 5 heteroatoms. The molecule has 1 aliphatic heterocycles. The molecule has 1 saturated heterocycles. The minimum atomic E-state index is -0.475. The maximum Gasteiger partial charge on any atom is 0.410 e. The Morgan fingerprint density at radius 1 is 1.50 bits per heavy atom. The van der Waals surface area contributed by atoms with Crippen molar-refractivity contribution in [1.29, 1.82) is 5.26 Å². The van der Waals surface area contributed by atoms with Crippen LogP contribution in [-0.2, 0) is 9.47 Å². The molecule has 0 aromatic carbocycles. The first-order chi connectivity index (χ1) is 8.34. The van der Waals surface area contributed by atoms with E-state index in [1.165, 1.54) is 0 Å². The fourth-order valence-corrected chi connectivity index (χ4v) is 2.50. The van der Waals surface area contributed by atoms with Crippen LogP contribution < -0.4 is 0 Å². The van der Waals surface area contributed by atoms with Gasteiger partial charge in [-0.25, -0.2) is 4.79 Å². The van der Waals surface area contributed by atoms with Crippen molar-refractivity contribution in [1.82, 2.24) is 4.90 Å². The number of nitriles is 1. The molecule has 0 bridgehead atoms. The summed E-state index contributed by atoms with van der Waals surface area (Å²) >= 11 is 0. The van der Waals surface area contributed by atoms with Gasteiger partial charge in [-0.1, -0.05) is 0 Å². The van der Waals surface area contributed by atoms with Crippen molar-refractivity contribution >= 4 is 6.09 Å². The number of hydrogen-bond donors (Lipinski definition) is 0. The summed E-state index contributed by atoms with van der Waals surface area (Å²) in [7, 11) is 0. The second kappa shape index (κ2) is 4.43. The molecule has 2 rings (SSSR count). The van der Waals surface area contributed by atoms with Crippen molar-refractivity contribution in [2.45, 2.75) is 44.8 Å². The predicted octanol–water partition coefficient (Wildman–Crippen LogP) is 1.93. The standard InChI is InChI=1S/C13H20N2O3/c1-12(2,3)18-11(16)15-4-5-17-13(9-15)6-10(7-13)8-14/h10H,4-7,9H2,1-3H3. The number of carbonyl (C=O) groups is 1. The van der Waals surface area contributed by atoms with Crippen molar-refractivity contribution in [3.63, 3.8) is 0 Å². The lowest BCUT2D eigenvalue weighted by Gasteiger charge is -2.50. The number of amides is 1. The second-order valence-electron chi connectivity index (χ2n) is 6.17. The van der Waals surface area contributed by atoms with E-state index in [0.717, 1.165) is 12.8 Å². The highest BCUT2D eigenvalue weighted by atomic mass is 16.6. The summed E-state index contributed by atoms with van der Waals surface area (Å²) in [4.78, 5) is 13.7. The quantitative estimate of drug-likeness (QED) is 0.661. The van der Waals surface area contributed by atoms with Crippen molar-refractivity contribution in [2.24, 2.45) is 5.92 Å². The minimum Gasteiger partial charge on any atom is -0.444 e. The Bertz CT molecular complexity index is 375. The van der Waals surface area contributed by atoms with Gasteiger partial charge in [0.2, 0.25) is 0 Å². The number of morpholine rings is 1. The summed E-state index contributed by atoms with van der Waals surface area (Å²) in [6.07, 6.45) is 1.16. The lowest BCUT2D eigenvalue weighted by atomic mass is 9.70. The monoisotopic (exact) mass is 252 g/mol. The van der Waals surface area contributed by atoms with E-state index in [2.05, 4.69) is 6.07 Å². The zero-order chi connectivity index (χ0) is 13.4. The Kier molecular flexibility index (Phi) is 3.24. The van der Waals surface area contributed by atoms with Crippen molar-refractivity contribution < 1.29 is 14.3 Å². The zero-order valence-electron chi connectivity index (χ0n) is 11.2. The van der Waals surface area contributed by atoms with Gasteiger partial charge in [-0.15, -0.1) is 0 Å². The Morgan fingerprint density at radius 3 is 2.72 bits per heavy atom. The van der Waals surface area contributed by atoms with E-state index in [1.807, 2.05) is 20.8 Å². The molecule has 5 nitrogen and oxygen atoms in total. The third-order valence-corrected chi connectivity index (χ3v) is 3.32. The number of hydrogen-bond acceptors (Lipinski definition) is 4. The van der Waals surface area contributed by atoms with Gasteiger partial charge in [-0.2, -0.15) is 5.26 Å². The molecular formula is C13H20N2O3. The average Bonchev–Trinajstić information content (AvgIpc) is 2.23. The van der Waals surface area contributed by atoms with E-state index in [9.17, 15) is 4.79 Å². The van der Waals surface area contributed by atoms with Crippen LogP contribution in [0.15, 0.2) is 0 Å². The van der Waals surface area contributed by atoms with Crippen LogP contribution in [0, 0.1) is 17.2 Å². The van der Waals surface area contributed by atoms with Crippen molar-refractivity contribution in [2.75, 3.05) is 19.7 Å². The topological polar surface area (TPSA) is 62.6 Å². The third kappa shape index (κ3) is 2.75. The van der Waals surface area contributed by atoms with Crippen LogP contribution in [0.3, 0.4) is 0 Å². The fourth-order valence-electron chi connectivity index (χ4n) is 2.50. The van der Waals surface area contributed by atoms with Gasteiger partial charge in [0.25, 0.3) is 0 Å². The molecule has 0 N–H and O–H groups in total. The fraction of sp³-hybridized carbons (Fsp3) is 0.846. The molecule has 0 radical (unpaired) electrons. The number of rotatable bonds is 0. The largest absolute Gasteiger partial charge is 0.444 e. The van der Waals surface area contributed by atoms with E-state index in [-0.39, 0.29) is 17.6 Å². The Balaban J connectivity index is 1.92. The molecule has 100 valence electrons. The number of ether oxygens (including phenoxy) is 2. The second-order valence-corrected chi connectivity index (χ2v) is 6.17. The first-order valence-electron chi connectivity index (χ1n) is 6.35. The summed E-state index contributed by atoms with van der Waals surface area (Å²) in [5.74, 6) is 0.0728. The highest BCUT2D eigenvalue weighted by molar-refractivity contribution is 5.68. The Hall–Kier alpha value is -1.28. The van der Waals surface area contributed by atoms with E-state index >= 15 is 0 Å². The van der Waals surface area contributed by atoms with E-state index in [1.54, 1.807) is 4.90 Å². The highest BCUT2D eigenvalue weighted by Crippen LogP contribution is 2.42. The van der Waals surface area contributed by atoms with Crippen LogP contribution in [0.5, 0.6) is 0 Å². The summed E-state index contributed by atoms with van der Waals surface area (Å²) in [5.41, 5.74) is -0.771. The molecule has 18 heavy (non-hydrogen) atoms. The van der Waals surface area contributed by atoms with Crippen LogP contribution in [-0.4, -0.2) is 41.9 Å². The van der Waals surface area contributed by atoms with Gasteiger partial charge in [0.1, 0.15) is 5.60 Å². The molecular weight excluding hydrogens is 232 g/mol. The summed E-state index contributed by atoms with van der Waals surface area (Å²) in [6, 6.07) is 2.24. The molecule has 2 fully saturated rings. The van der Waals surface area contributed by atoms with Crippen LogP contribution in [0.25, 0.3) is 0 Å². The van der Waals surface area contributed by atoms with Crippen LogP contribution in [0.2, 0.25) is 0 Å². The Labute approximate surface area is 108 Å². The molecule has 1 spiro atoms. The van der Waals surface area contributed by atoms with Gasteiger partial charge in [-0.3, -0.25) is 0 Å². The molecule has 2 aliphatic rings. The van der Waals surface area contributed by atoms with E-state index < -0.39 is 5.60 Å².